The minimum atomic E-state index is -3.97. The monoisotopic (exact) mass is 298 g/mol. The van der Waals surface area contributed by atoms with Crippen LogP contribution in [-0.4, -0.2) is 18.6 Å². The Morgan fingerprint density at radius 3 is 2.70 bits per heavy atom. The van der Waals surface area contributed by atoms with Crippen LogP contribution in [0.25, 0.3) is 0 Å². The molecule has 0 aliphatic rings. The van der Waals surface area contributed by atoms with Crippen molar-refractivity contribution in [2.45, 2.75) is 25.3 Å². The maximum atomic E-state index is 13.8. The molecule has 1 heterocycles. The first kappa shape index (κ1) is 14.5. The molecule has 0 spiro atoms. The second-order valence-electron chi connectivity index (χ2n) is 4.48. The van der Waals surface area contributed by atoms with Gasteiger partial charge in [0, 0.05) is 23.5 Å². The molecule has 2 aromatic rings. The quantitative estimate of drug-likeness (QED) is 0.739. The number of nitrogens with zero attached hydrogens (tertiary/aromatic N) is 1. The highest BCUT2D eigenvalue weighted by atomic mass is 32.2. The molecule has 0 fully saturated rings. The van der Waals surface area contributed by atoms with E-state index in [1.165, 1.54) is 6.20 Å². The minimum absolute atomic E-state index is 0.0257. The van der Waals surface area contributed by atoms with Crippen molar-refractivity contribution >= 4 is 15.7 Å². The number of halogens is 1. The Kier molecular flexibility index (Phi) is 3.78. The van der Waals surface area contributed by atoms with Gasteiger partial charge in [-0.05, 0) is 31.5 Å². The highest BCUT2D eigenvalue weighted by Gasteiger charge is 2.20. The van der Waals surface area contributed by atoms with Gasteiger partial charge >= 0.3 is 0 Å². The molecule has 0 unspecified atom stereocenters. The molecular formula is C12H15FN4O2S. The topological polar surface area (TPSA) is 101 Å². The number of hydrogen-bond donors (Lipinski definition) is 3. The molecule has 8 heteroatoms. The number of H-pyrrole nitrogens is 1. The van der Waals surface area contributed by atoms with Gasteiger partial charge in [0.25, 0.3) is 0 Å². The van der Waals surface area contributed by atoms with E-state index in [0.29, 0.717) is 11.1 Å². The summed E-state index contributed by atoms with van der Waals surface area (Å²) in [5.41, 5.74) is 7.78. The van der Waals surface area contributed by atoms with Crippen LogP contribution in [0.15, 0.2) is 23.2 Å². The van der Waals surface area contributed by atoms with E-state index >= 15 is 0 Å². The fraction of sp³-hybridized carbons (Fsp3) is 0.250. The van der Waals surface area contributed by atoms with E-state index in [4.69, 9.17) is 5.73 Å². The third kappa shape index (κ3) is 2.81. The summed E-state index contributed by atoms with van der Waals surface area (Å²) in [5.74, 6) is -0.826. The SMILES string of the molecule is Cc1cc(F)c(S(=O)(=O)NCc2cn[nH]c2C)cc1N. The number of aryl methyl sites for hydroxylation is 2. The van der Waals surface area contributed by atoms with E-state index < -0.39 is 20.7 Å². The molecule has 20 heavy (non-hydrogen) atoms. The summed E-state index contributed by atoms with van der Waals surface area (Å²) >= 11 is 0. The van der Waals surface area contributed by atoms with Gasteiger partial charge in [-0.1, -0.05) is 0 Å². The molecule has 0 saturated carbocycles. The van der Waals surface area contributed by atoms with Crippen LogP contribution < -0.4 is 10.5 Å². The van der Waals surface area contributed by atoms with Crippen LogP contribution in [0.1, 0.15) is 16.8 Å². The van der Waals surface area contributed by atoms with E-state index in [1.807, 2.05) is 0 Å². The lowest BCUT2D eigenvalue weighted by molar-refractivity contribution is 0.556. The van der Waals surface area contributed by atoms with E-state index in [2.05, 4.69) is 14.9 Å². The Balaban J connectivity index is 2.27. The predicted molar refractivity (Wildman–Crippen MR) is 72.9 cm³/mol. The standard InChI is InChI=1S/C12H15FN4O2S/c1-7-3-10(13)12(4-11(7)14)20(18,19)16-6-9-5-15-17-8(9)2/h3-5,16H,6,14H2,1-2H3,(H,15,17). The molecule has 0 amide bonds. The van der Waals surface area contributed by atoms with Gasteiger partial charge in [-0.15, -0.1) is 0 Å². The normalized spacial score (nSPS) is 11.8. The average molecular weight is 298 g/mol. The summed E-state index contributed by atoms with van der Waals surface area (Å²) < 4.78 is 40.3. The Bertz CT molecular complexity index is 740. The Labute approximate surface area is 116 Å². The molecule has 0 atom stereocenters. The zero-order valence-corrected chi connectivity index (χ0v) is 11.9. The number of aromatic amines is 1. The summed E-state index contributed by atoms with van der Waals surface area (Å²) in [6.07, 6.45) is 1.51. The van der Waals surface area contributed by atoms with Crippen LogP contribution in [0.2, 0.25) is 0 Å². The summed E-state index contributed by atoms with van der Waals surface area (Å²) in [5, 5.41) is 6.48. The zero-order valence-electron chi connectivity index (χ0n) is 11.1. The number of nitrogen functional groups attached to an aromatic ring is 1. The third-order valence-electron chi connectivity index (χ3n) is 3.00. The van der Waals surface area contributed by atoms with Gasteiger partial charge < -0.3 is 5.73 Å². The lowest BCUT2D eigenvalue weighted by Crippen LogP contribution is -2.24. The smallest absolute Gasteiger partial charge is 0.243 e. The van der Waals surface area contributed by atoms with Gasteiger partial charge in [0.2, 0.25) is 10.0 Å². The van der Waals surface area contributed by atoms with Crippen molar-refractivity contribution in [1.82, 2.24) is 14.9 Å². The van der Waals surface area contributed by atoms with Crippen molar-refractivity contribution in [3.05, 3.63) is 41.0 Å². The second kappa shape index (κ2) is 5.22. The highest BCUT2D eigenvalue weighted by Crippen LogP contribution is 2.21. The molecule has 108 valence electrons. The predicted octanol–water partition coefficient (Wildman–Crippen LogP) is 1.23. The average Bonchev–Trinajstić information content (AvgIpc) is 2.77. The van der Waals surface area contributed by atoms with Crippen molar-refractivity contribution in [3.8, 4) is 0 Å². The number of sulfonamides is 1. The summed E-state index contributed by atoms with van der Waals surface area (Å²) in [6.45, 7) is 3.40. The summed E-state index contributed by atoms with van der Waals surface area (Å²) in [4.78, 5) is -0.457. The zero-order chi connectivity index (χ0) is 14.9. The number of nitrogens with one attached hydrogen (secondary N) is 2. The van der Waals surface area contributed by atoms with Crippen LogP contribution >= 0.6 is 0 Å². The molecule has 1 aromatic carbocycles. The van der Waals surface area contributed by atoms with Gasteiger partial charge in [-0.3, -0.25) is 5.10 Å². The molecule has 4 N–H and O–H groups in total. The van der Waals surface area contributed by atoms with Crippen molar-refractivity contribution in [3.63, 3.8) is 0 Å². The largest absolute Gasteiger partial charge is 0.398 e. The summed E-state index contributed by atoms with van der Waals surface area (Å²) in [7, 11) is -3.97. The molecule has 0 aliphatic carbocycles. The van der Waals surface area contributed by atoms with Crippen LogP contribution in [0.4, 0.5) is 10.1 Å². The summed E-state index contributed by atoms with van der Waals surface area (Å²) in [6, 6.07) is 2.22. The Hall–Kier alpha value is -1.93. The molecule has 0 saturated heterocycles. The molecule has 0 radical (unpaired) electrons. The number of nitrogens with two attached hydrogens (primary N) is 1. The first-order valence-electron chi connectivity index (χ1n) is 5.85. The molecule has 2 rings (SSSR count). The molecule has 0 bridgehead atoms. The van der Waals surface area contributed by atoms with E-state index in [1.54, 1.807) is 13.8 Å². The van der Waals surface area contributed by atoms with Gasteiger partial charge in [-0.25, -0.2) is 17.5 Å². The van der Waals surface area contributed by atoms with Crippen molar-refractivity contribution in [2.24, 2.45) is 0 Å². The van der Waals surface area contributed by atoms with Crippen molar-refractivity contribution in [2.75, 3.05) is 5.73 Å². The number of benzene rings is 1. The van der Waals surface area contributed by atoms with Crippen LogP contribution in [0.5, 0.6) is 0 Å². The highest BCUT2D eigenvalue weighted by molar-refractivity contribution is 7.89. The maximum Gasteiger partial charge on any atom is 0.243 e. The molecular weight excluding hydrogens is 283 g/mol. The fourth-order valence-corrected chi connectivity index (χ4v) is 2.78. The van der Waals surface area contributed by atoms with Crippen LogP contribution in [0.3, 0.4) is 0 Å². The Morgan fingerprint density at radius 2 is 2.10 bits per heavy atom. The lowest BCUT2D eigenvalue weighted by Gasteiger charge is -2.09. The van der Waals surface area contributed by atoms with Crippen molar-refractivity contribution < 1.29 is 12.8 Å². The molecule has 1 aromatic heterocycles. The lowest BCUT2D eigenvalue weighted by atomic mass is 10.2. The van der Waals surface area contributed by atoms with E-state index in [-0.39, 0.29) is 12.2 Å². The third-order valence-corrected chi connectivity index (χ3v) is 4.41. The molecule has 0 aliphatic heterocycles. The number of anilines is 1. The van der Waals surface area contributed by atoms with Gasteiger partial charge in [-0.2, -0.15) is 5.10 Å². The van der Waals surface area contributed by atoms with Crippen LogP contribution in [-0.2, 0) is 16.6 Å². The van der Waals surface area contributed by atoms with Crippen molar-refractivity contribution in [1.29, 1.82) is 0 Å². The second-order valence-corrected chi connectivity index (χ2v) is 6.22. The first-order valence-corrected chi connectivity index (χ1v) is 7.33. The van der Waals surface area contributed by atoms with Crippen LogP contribution in [0, 0.1) is 19.7 Å². The van der Waals surface area contributed by atoms with E-state index in [0.717, 1.165) is 17.8 Å². The van der Waals surface area contributed by atoms with Gasteiger partial charge in [0.05, 0.1) is 6.20 Å². The first-order chi connectivity index (χ1) is 9.31. The minimum Gasteiger partial charge on any atom is -0.398 e. The molecule has 6 nitrogen and oxygen atoms in total. The number of hydrogen-bond acceptors (Lipinski definition) is 4. The maximum absolute atomic E-state index is 13.8. The fourth-order valence-electron chi connectivity index (χ4n) is 1.68. The van der Waals surface area contributed by atoms with Gasteiger partial charge in [0.15, 0.2) is 0 Å². The number of rotatable bonds is 4. The Morgan fingerprint density at radius 1 is 1.40 bits per heavy atom. The van der Waals surface area contributed by atoms with E-state index in [9.17, 15) is 12.8 Å². The number of aromatic nitrogens is 2. The van der Waals surface area contributed by atoms with Gasteiger partial charge in [0.1, 0.15) is 10.7 Å².